The Hall–Kier alpha value is -1.02. The minimum atomic E-state index is 0.118. The largest absolute Gasteiger partial charge is 0.449 e. The number of aliphatic hydroxyl groups excluding tert-OH is 1. The van der Waals surface area contributed by atoms with E-state index < -0.39 is 0 Å². The lowest BCUT2D eigenvalue weighted by molar-refractivity contribution is 0.281. The zero-order valence-corrected chi connectivity index (χ0v) is 9.33. The van der Waals surface area contributed by atoms with Gasteiger partial charge in [0.15, 0.2) is 11.5 Å². The van der Waals surface area contributed by atoms with Crippen molar-refractivity contribution in [2.75, 3.05) is 0 Å². The molecule has 0 aromatic heterocycles. The summed E-state index contributed by atoms with van der Waals surface area (Å²) >= 11 is 0. The van der Waals surface area contributed by atoms with Crippen LogP contribution in [0.25, 0.3) is 0 Å². The Kier molecular flexibility index (Phi) is 1.70. The molecule has 0 amide bonds. The lowest BCUT2D eigenvalue weighted by Gasteiger charge is -2.27. The normalized spacial score (nSPS) is 22.3. The van der Waals surface area contributed by atoms with Crippen molar-refractivity contribution in [3.63, 3.8) is 0 Å². The summed E-state index contributed by atoms with van der Waals surface area (Å²) in [6.45, 7) is 0.118. The van der Waals surface area contributed by atoms with Crippen molar-refractivity contribution in [2.45, 2.75) is 50.5 Å². The van der Waals surface area contributed by atoms with Crippen LogP contribution in [0.1, 0.15) is 60.6 Å². The van der Waals surface area contributed by atoms with Gasteiger partial charge in [0.2, 0.25) is 0 Å². The minimum Gasteiger partial charge on any atom is -0.449 e. The third kappa shape index (κ3) is 1.17. The summed E-state index contributed by atoms with van der Waals surface area (Å²) in [5.74, 6) is 3.61. The third-order valence-electron chi connectivity index (χ3n) is 4.25. The minimum absolute atomic E-state index is 0.118. The van der Waals surface area contributed by atoms with Crippen LogP contribution in [0.15, 0.2) is 6.07 Å². The highest BCUT2D eigenvalue weighted by molar-refractivity contribution is 5.68. The van der Waals surface area contributed by atoms with Crippen molar-refractivity contribution >= 4 is 0 Å². The molecule has 0 saturated heterocycles. The summed E-state index contributed by atoms with van der Waals surface area (Å²) in [5.41, 5.74) is 3.99. The van der Waals surface area contributed by atoms with Crippen molar-refractivity contribution in [2.24, 2.45) is 0 Å². The molecule has 1 aliphatic heterocycles. The second-order valence-electron chi connectivity index (χ2n) is 5.36. The van der Waals surface area contributed by atoms with Gasteiger partial charge in [-0.3, -0.25) is 0 Å². The first-order valence-electron chi connectivity index (χ1n) is 6.37. The second kappa shape index (κ2) is 3.01. The fourth-order valence-corrected chi connectivity index (χ4v) is 2.89. The summed E-state index contributed by atoms with van der Waals surface area (Å²) in [4.78, 5) is 0. The van der Waals surface area contributed by atoms with E-state index in [9.17, 15) is 5.11 Å². The molecule has 1 aromatic rings. The topological polar surface area (TPSA) is 32.8 Å². The second-order valence-corrected chi connectivity index (χ2v) is 5.36. The van der Waals surface area contributed by atoms with Gasteiger partial charge in [-0.2, -0.15) is 0 Å². The van der Waals surface area contributed by atoms with E-state index in [1.165, 1.54) is 43.2 Å². The molecule has 84 valence electrons. The molecule has 0 unspecified atom stereocenters. The molecule has 1 aromatic carbocycles. The van der Waals surface area contributed by atoms with E-state index >= 15 is 0 Å². The molecule has 4 rings (SSSR count). The standard InChI is InChI=1S/C14H16O2/c15-7-10-6-11(8-4-5-8)12(9-2-1-3-9)14-13(10)16-14/h6,8-9,15H,1-5,7H2. The highest BCUT2D eigenvalue weighted by Gasteiger charge is 2.40. The molecule has 0 radical (unpaired) electrons. The molecule has 2 heteroatoms. The molecule has 16 heavy (non-hydrogen) atoms. The van der Waals surface area contributed by atoms with Crippen molar-refractivity contribution in [1.82, 2.24) is 0 Å². The monoisotopic (exact) mass is 216 g/mol. The maximum atomic E-state index is 9.30. The number of aliphatic hydroxyl groups is 1. The van der Waals surface area contributed by atoms with Gasteiger partial charge in [0.1, 0.15) is 0 Å². The third-order valence-corrected chi connectivity index (χ3v) is 4.25. The zero-order valence-electron chi connectivity index (χ0n) is 9.33. The molecular weight excluding hydrogens is 200 g/mol. The molecule has 2 fully saturated rings. The van der Waals surface area contributed by atoms with Gasteiger partial charge in [-0.15, -0.1) is 0 Å². The van der Waals surface area contributed by atoms with Crippen LogP contribution in [0.4, 0.5) is 0 Å². The SMILES string of the molecule is OCc1cc(C2CC2)c(C2CCC2)c2c1O2. The Balaban J connectivity index is 1.84. The lowest BCUT2D eigenvalue weighted by Crippen LogP contribution is -2.10. The Labute approximate surface area is 95.2 Å². The number of ether oxygens (including phenoxy) is 1. The first-order chi connectivity index (χ1) is 7.88. The summed E-state index contributed by atoms with van der Waals surface area (Å²) < 4.78 is 5.61. The number of rotatable bonds is 3. The van der Waals surface area contributed by atoms with Crippen molar-refractivity contribution in [3.8, 4) is 11.5 Å². The Morgan fingerprint density at radius 1 is 1.12 bits per heavy atom. The van der Waals surface area contributed by atoms with Gasteiger partial charge < -0.3 is 9.84 Å². The fraction of sp³-hybridized carbons (Fsp3) is 0.571. The quantitative estimate of drug-likeness (QED) is 0.797. The molecule has 0 atom stereocenters. The predicted molar refractivity (Wildman–Crippen MR) is 61.0 cm³/mol. The molecule has 0 bridgehead atoms. The van der Waals surface area contributed by atoms with Crippen LogP contribution < -0.4 is 4.74 Å². The van der Waals surface area contributed by atoms with Crippen LogP contribution in [0, 0.1) is 0 Å². The highest BCUT2D eigenvalue weighted by atomic mass is 16.6. The number of hydrogen-bond acceptors (Lipinski definition) is 2. The van der Waals surface area contributed by atoms with E-state index in [4.69, 9.17) is 4.74 Å². The highest BCUT2D eigenvalue weighted by Crippen LogP contribution is 2.60. The zero-order chi connectivity index (χ0) is 10.7. The van der Waals surface area contributed by atoms with Crippen molar-refractivity contribution in [3.05, 3.63) is 22.8 Å². The van der Waals surface area contributed by atoms with Crippen LogP contribution in [-0.4, -0.2) is 5.11 Å². The Morgan fingerprint density at radius 2 is 1.94 bits per heavy atom. The number of hydrogen-bond donors (Lipinski definition) is 1. The summed E-state index contributed by atoms with van der Waals surface area (Å²) in [7, 11) is 0. The predicted octanol–water partition coefficient (Wildman–Crippen LogP) is 3.43. The summed E-state index contributed by atoms with van der Waals surface area (Å²) in [6, 6.07) is 2.21. The van der Waals surface area contributed by atoms with Gasteiger partial charge in [-0.05, 0) is 49.1 Å². The van der Waals surface area contributed by atoms with E-state index in [0.717, 1.165) is 28.9 Å². The lowest BCUT2D eigenvalue weighted by atomic mass is 9.77. The van der Waals surface area contributed by atoms with Crippen LogP contribution >= 0.6 is 0 Å². The average Bonchev–Trinajstić information content (AvgIpc) is 3.08. The molecule has 2 saturated carbocycles. The molecule has 1 heterocycles. The van der Waals surface area contributed by atoms with Gasteiger partial charge >= 0.3 is 0 Å². The molecule has 0 spiro atoms. The molecule has 3 aliphatic rings. The maximum Gasteiger partial charge on any atom is 0.175 e. The average molecular weight is 216 g/mol. The van der Waals surface area contributed by atoms with Crippen LogP contribution in [0.5, 0.6) is 11.5 Å². The van der Waals surface area contributed by atoms with Crippen LogP contribution in [-0.2, 0) is 6.61 Å². The van der Waals surface area contributed by atoms with Gasteiger partial charge in [0.05, 0.1) is 6.61 Å². The van der Waals surface area contributed by atoms with Gasteiger partial charge in [0, 0.05) is 11.1 Å². The number of fused-ring (bicyclic) bond motifs is 1. The van der Waals surface area contributed by atoms with Gasteiger partial charge in [0.25, 0.3) is 0 Å². The van der Waals surface area contributed by atoms with Crippen molar-refractivity contribution in [1.29, 1.82) is 0 Å². The van der Waals surface area contributed by atoms with E-state index in [1.54, 1.807) is 0 Å². The Bertz CT molecular complexity index is 456. The Morgan fingerprint density at radius 3 is 2.50 bits per heavy atom. The van der Waals surface area contributed by atoms with E-state index in [-0.39, 0.29) is 6.61 Å². The molecule has 2 aliphatic carbocycles. The van der Waals surface area contributed by atoms with Crippen LogP contribution in [0.2, 0.25) is 0 Å². The molecule has 2 nitrogen and oxygen atoms in total. The molecular formula is C14H16O2. The fourth-order valence-electron chi connectivity index (χ4n) is 2.89. The maximum absolute atomic E-state index is 9.30. The smallest absolute Gasteiger partial charge is 0.175 e. The van der Waals surface area contributed by atoms with E-state index in [2.05, 4.69) is 6.07 Å². The van der Waals surface area contributed by atoms with E-state index in [1.807, 2.05) is 0 Å². The molecule has 1 N–H and O–H groups in total. The first kappa shape index (κ1) is 9.06. The van der Waals surface area contributed by atoms with E-state index in [0.29, 0.717) is 0 Å². The first-order valence-corrected chi connectivity index (χ1v) is 6.37. The van der Waals surface area contributed by atoms with Crippen LogP contribution in [0.3, 0.4) is 0 Å². The van der Waals surface area contributed by atoms with Gasteiger partial charge in [-0.1, -0.05) is 6.42 Å². The van der Waals surface area contributed by atoms with Gasteiger partial charge in [-0.25, -0.2) is 0 Å². The number of benzene rings is 1. The summed E-state index contributed by atoms with van der Waals surface area (Å²) in [5, 5.41) is 9.30. The van der Waals surface area contributed by atoms with Crippen molar-refractivity contribution < 1.29 is 9.84 Å². The summed E-state index contributed by atoms with van der Waals surface area (Å²) in [6.07, 6.45) is 6.67.